The lowest BCUT2D eigenvalue weighted by Gasteiger charge is -2.28. The Hall–Kier alpha value is -1.30. The molecular weight excluding hydrogens is 180 g/mol. The fourth-order valence-electron chi connectivity index (χ4n) is 2.30. The molecule has 78 valence electrons. The highest BCUT2D eigenvalue weighted by Crippen LogP contribution is 2.45. The predicted molar refractivity (Wildman–Crippen MR) is 67.6 cm³/mol. The minimum atomic E-state index is 1.20. The molecule has 0 heterocycles. The molecule has 0 unspecified atom stereocenters. The second-order valence-corrected chi connectivity index (χ2v) is 4.28. The van der Waals surface area contributed by atoms with Crippen molar-refractivity contribution in [1.29, 1.82) is 0 Å². The van der Waals surface area contributed by atoms with Gasteiger partial charge in [0.15, 0.2) is 0 Å². The molecular formula is C15H18. The normalized spacial score (nSPS) is 13.5. The molecule has 0 heteroatoms. The molecule has 0 fully saturated rings. The molecule has 0 aromatic heterocycles. The highest BCUT2D eigenvalue weighted by Gasteiger charge is 2.24. The van der Waals surface area contributed by atoms with Crippen LogP contribution in [0.4, 0.5) is 0 Å². The van der Waals surface area contributed by atoms with Gasteiger partial charge < -0.3 is 0 Å². The maximum atomic E-state index is 4.08. The Morgan fingerprint density at radius 1 is 1.20 bits per heavy atom. The Balaban J connectivity index is 2.32. The summed E-state index contributed by atoms with van der Waals surface area (Å²) in [7, 11) is 0. The van der Waals surface area contributed by atoms with Crippen molar-refractivity contribution < 1.29 is 0 Å². The third-order valence-electron chi connectivity index (χ3n) is 3.03. The topological polar surface area (TPSA) is 0 Å². The smallest absolute Gasteiger partial charge is 0.0103 e. The average molecular weight is 198 g/mol. The zero-order chi connectivity index (χ0) is 10.8. The minimum absolute atomic E-state index is 1.20. The van der Waals surface area contributed by atoms with Gasteiger partial charge in [-0.15, -0.1) is 0 Å². The summed E-state index contributed by atoms with van der Waals surface area (Å²) in [5.74, 6) is 0. The monoisotopic (exact) mass is 198 g/mol. The fourth-order valence-corrected chi connectivity index (χ4v) is 2.30. The van der Waals surface area contributed by atoms with Crippen molar-refractivity contribution in [2.24, 2.45) is 0 Å². The summed E-state index contributed by atoms with van der Waals surface area (Å²) in [6, 6.07) is 8.67. The largest absolute Gasteiger partial charge is 0.0955 e. The zero-order valence-corrected chi connectivity index (χ0v) is 9.64. The predicted octanol–water partition coefficient (Wildman–Crippen LogP) is 4.68. The van der Waals surface area contributed by atoms with Crippen LogP contribution >= 0.6 is 0 Å². The van der Waals surface area contributed by atoms with E-state index in [2.05, 4.69) is 44.7 Å². The van der Waals surface area contributed by atoms with Gasteiger partial charge in [0.2, 0.25) is 0 Å². The van der Waals surface area contributed by atoms with Crippen LogP contribution < -0.4 is 0 Å². The molecule has 1 aromatic carbocycles. The van der Waals surface area contributed by atoms with E-state index in [4.69, 9.17) is 0 Å². The van der Waals surface area contributed by atoms with Gasteiger partial charge in [0.25, 0.3) is 0 Å². The summed E-state index contributed by atoms with van der Waals surface area (Å²) in [5.41, 5.74) is 7.00. The number of hydrogen-bond acceptors (Lipinski definition) is 0. The Kier molecular flexibility index (Phi) is 2.77. The number of allylic oxidation sites excluding steroid dienone is 3. The Morgan fingerprint density at radius 3 is 2.47 bits per heavy atom. The lowest BCUT2D eigenvalue weighted by molar-refractivity contribution is 0.822. The van der Waals surface area contributed by atoms with Crippen LogP contribution in [0.15, 0.2) is 36.4 Å². The molecule has 0 saturated carbocycles. The maximum absolute atomic E-state index is 4.08. The first kappa shape index (κ1) is 10.2. The van der Waals surface area contributed by atoms with Crippen molar-refractivity contribution in [2.75, 3.05) is 0 Å². The van der Waals surface area contributed by atoms with E-state index in [0.717, 1.165) is 0 Å². The highest BCUT2D eigenvalue weighted by molar-refractivity contribution is 6.09. The van der Waals surface area contributed by atoms with Gasteiger partial charge in [-0.25, -0.2) is 0 Å². The molecule has 0 amide bonds. The van der Waals surface area contributed by atoms with Gasteiger partial charge in [-0.05, 0) is 42.0 Å². The van der Waals surface area contributed by atoms with E-state index in [-0.39, 0.29) is 0 Å². The Bertz CT molecular complexity index is 421. The van der Waals surface area contributed by atoms with Crippen LogP contribution in [0, 0.1) is 0 Å². The highest BCUT2D eigenvalue weighted by atomic mass is 14.3. The van der Waals surface area contributed by atoms with Crippen LogP contribution in [0.2, 0.25) is 0 Å². The minimum Gasteiger partial charge on any atom is -0.0955 e. The zero-order valence-electron chi connectivity index (χ0n) is 9.64. The first-order chi connectivity index (χ1) is 7.25. The van der Waals surface area contributed by atoms with Gasteiger partial charge in [-0.1, -0.05) is 49.8 Å². The number of rotatable bonds is 4. The summed E-state index contributed by atoms with van der Waals surface area (Å²) >= 11 is 0. The fraction of sp³-hybridized carbons (Fsp3) is 0.333. The lowest BCUT2D eigenvalue weighted by Crippen LogP contribution is -2.07. The molecule has 0 atom stereocenters. The van der Waals surface area contributed by atoms with Gasteiger partial charge >= 0.3 is 0 Å². The summed E-state index contributed by atoms with van der Waals surface area (Å²) in [5, 5.41) is 0. The van der Waals surface area contributed by atoms with Crippen molar-refractivity contribution in [3.05, 3.63) is 47.5 Å². The molecule has 0 aliphatic heterocycles. The first-order valence-corrected chi connectivity index (χ1v) is 5.74. The van der Waals surface area contributed by atoms with Crippen LogP contribution in [0.3, 0.4) is 0 Å². The summed E-state index contributed by atoms with van der Waals surface area (Å²) in [6.07, 6.45) is 3.74. The molecule has 15 heavy (non-hydrogen) atoms. The van der Waals surface area contributed by atoms with Gasteiger partial charge in [0, 0.05) is 0 Å². The second kappa shape index (κ2) is 4.06. The number of fused-ring (bicyclic) bond motifs is 1. The summed E-state index contributed by atoms with van der Waals surface area (Å²) < 4.78 is 0. The third kappa shape index (κ3) is 1.65. The quantitative estimate of drug-likeness (QED) is 0.659. The van der Waals surface area contributed by atoms with Crippen LogP contribution in [-0.4, -0.2) is 0 Å². The second-order valence-electron chi connectivity index (χ2n) is 4.28. The molecule has 1 aromatic rings. The van der Waals surface area contributed by atoms with E-state index < -0.39 is 0 Å². The van der Waals surface area contributed by atoms with E-state index in [9.17, 15) is 0 Å². The van der Waals surface area contributed by atoms with E-state index in [1.54, 1.807) is 0 Å². The van der Waals surface area contributed by atoms with E-state index >= 15 is 0 Å². The molecule has 0 N–H and O–H groups in total. The Morgan fingerprint density at radius 2 is 1.87 bits per heavy atom. The standard InChI is InChI=1S/C15H18/c1-4-5-8-13-12-9-6-7-10-14(12)15(13)11(2)3/h6-7,9-10H,2,4-5,8H2,1,3H3. The van der Waals surface area contributed by atoms with Crippen LogP contribution in [0.5, 0.6) is 0 Å². The average Bonchev–Trinajstić information content (AvgIpc) is 2.19. The first-order valence-electron chi connectivity index (χ1n) is 5.74. The van der Waals surface area contributed by atoms with Crippen LogP contribution in [-0.2, 0) is 0 Å². The molecule has 0 nitrogen and oxygen atoms in total. The number of unbranched alkanes of at least 4 members (excludes halogenated alkanes) is 1. The van der Waals surface area contributed by atoms with Crippen molar-refractivity contribution in [1.82, 2.24) is 0 Å². The lowest BCUT2D eigenvalue weighted by atomic mass is 9.76. The SMILES string of the molecule is C=C(C)C1=C(CCCC)c2ccccc21. The molecule has 0 radical (unpaired) electrons. The van der Waals surface area contributed by atoms with Crippen LogP contribution in [0.25, 0.3) is 11.1 Å². The third-order valence-corrected chi connectivity index (χ3v) is 3.03. The van der Waals surface area contributed by atoms with Gasteiger partial charge in [-0.2, -0.15) is 0 Å². The van der Waals surface area contributed by atoms with Crippen molar-refractivity contribution in [2.45, 2.75) is 33.1 Å². The molecule has 0 bridgehead atoms. The van der Waals surface area contributed by atoms with Crippen molar-refractivity contribution in [3.8, 4) is 0 Å². The molecule has 0 spiro atoms. The van der Waals surface area contributed by atoms with Crippen molar-refractivity contribution >= 4 is 11.1 Å². The van der Waals surface area contributed by atoms with Gasteiger partial charge in [0.1, 0.15) is 0 Å². The number of benzene rings is 1. The van der Waals surface area contributed by atoms with Gasteiger partial charge in [-0.3, -0.25) is 0 Å². The molecule has 2 rings (SSSR count). The van der Waals surface area contributed by atoms with Crippen LogP contribution in [0.1, 0.15) is 44.2 Å². The van der Waals surface area contributed by atoms with E-state index in [1.807, 2.05) is 0 Å². The maximum Gasteiger partial charge on any atom is -0.0103 e. The summed E-state index contributed by atoms with van der Waals surface area (Å²) in [6.45, 7) is 8.43. The molecule has 1 aliphatic carbocycles. The van der Waals surface area contributed by atoms with E-state index in [1.165, 1.54) is 47.1 Å². The molecule has 0 saturated heterocycles. The summed E-state index contributed by atoms with van der Waals surface area (Å²) in [4.78, 5) is 0. The van der Waals surface area contributed by atoms with Gasteiger partial charge in [0.05, 0.1) is 0 Å². The molecule has 1 aliphatic rings. The number of hydrogen-bond donors (Lipinski definition) is 0. The van der Waals surface area contributed by atoms with E-state index in [0.29, 0.717) is 0 Å². The van der Waals surface area contributed by atoms with Crippen molar-refractivity contribution in [3.63, 3.8) is 0 Å². The Labute approximate surface area is 92.3 Å².